The molecule has 0 aliphatic heterocycles. The molecule has 1 aromatic rings. The summed E-state index contributed by atoms with van der Waals surface area (Å²) in [6, 6.07) is -0.857. The first kappa shape index (κ1) is 16.4. The fraction of sp³-hybridized carbons (Fsp3) is 0.600. The Balaban J connectivity index is 2.65. The third-order valence-electron chi connectivity index (χ3n) is 2.13. The van der Waals surface area contributed by atoms with Crippen molar-refractivity contribution in [2.24, 2.45) is 5.92 Å². The zero-order chi connectivity index (χ0) is 14.6. The lowest BCUT2D eigenvalue weighted by atomic mass is 10.2. The first-order valence-corrected chi connectivity index (χ1v) is 8.31. The Morgan fingerprint density at radius 1 is 1.47 bits per heavy atom. The van der Waals surface area contributed by atoms with Crippen LogP contribution in [-0.2, 0) is 14.8 Å². The zero-order valence-electron chi connectivity index (χ0n) is 10.8. The van der Waals surface area contributed by atoms with Gasteiger partial charge in [0.25, 0.3) is 10.0 Å². The van der Waals surface area contributed by atoms with Crippen molar-refractivity contribution in [3.05, 3.63) is 10.7 Å². The van der Waals surface area contributed by atoms with Crippen LogP contribution >= 0.6 is 22.9 Å². The number of nitrogens with zero attached hydrogens (tertiary/aromatic N) is 1. The first-order chi connectivity index (χ1) is 8.72. The van der Waals surface area contributed by atoms with Crippen LogP contribution in [0.3, 0.4) is 0 Å². The van der Waals surface area contributed by atoms with Crippen molar-refractivity contribution in [3.63, 3.8) is 0 Å². The molecule has 108 valence electrons. The molecule has 1 aromatic heterocycles. The Kier molecular flexibility index (Phi) is 5.72. The van der Waals surface area contributed by atoms with E-state index in [9.17, 15) is 13.2 Å². The summed E-state index contributed by atoms with van der Waals surface area (Å²) in [5.41, 5.74) is 0. The van der Waals surface area contributed by atoms with Gasteiger partial charge in [0.2, 0.25) is 5.91 Å². The summed E-state index contributed by atoms with van der Waals surface area (Å²) < 4.78 is 26.2. The Morgan fingerprint density at radius 2 is 2.11 bits per heavy atom. The van der Waals surface area contributed by atoms with E-state index in [0.29, 0.717) is 12.5 Å². The molecular weight excluding hydrogens is 310 g/mol. The quantitative estimate of drug-likeness (QED) is 0.823. The van der Waals surface area contributed by atoms with Crippen LogP contribution in [-0.4, -0.2) is 31.9 Å². The molecule has 0 saturated heterocycles. The molecular formula is C10H16ClN3O3S2. The maximum Gasteiger partial charge on any atom is 0.252 e. The average molecular weight is 326 g/mol. The van der Waals surface area contributed by atoms with Gasteiger partial charge in [-0.2, -0.15) is 4.72 Å². The number of rotatable bonds is 6. The summed E-state index contributed by atoms with van der Waals surface area (Å²) in [6.07, 6.45) is 1.16. The highest BCUT2D eigenvalue weighted by Gasteiger charge is 2.23. The fourth-order valence-corrected chi connectivity index (χ4v) is 3.68. The molecule has 1 unspecified atom stereocenters. The molecule has 19 heavy (non-hydrogen) atoms. The predicted molar refractivity (Wildman–Crippen MR) is 74.8 cm³/mol. The lowest BCUT2D eigenvalue weighted by molar-refractivity contribution is -0.122. The van der Waals surface area contributed by atoms with Crippen LogP contribution in [0.2, 0.25) is 4.47 Å². The van der Waals surface area contributed by atoms with Crippen LogP contribution in [0, 0.1) is 5.92 Å². The molecule has 1 rings (SSSR count). The SMILES string of the molecule is CC(C)CNC(=O)C(C)NS(=O)(=O)c1cnc(Cl)s1. The molecule has 0 fully saturated rings. The molecule has 0 radical (unpaired) electrons. The minimum Gasteiger partial charge on any atom is -0.354 e. The predicted octanol–water partition coefficient (Wildman–Crippen LogP) is 1.24. The van der Waals surface area contributed by atoms with E-state index in [2.05, 4.69) is 15.0 Å². The maximum absolute atomic E-state index is 11.9. The van der Waals surface area contributed by atoms with Crippen LogP contribution in [0.1, 0.15) is 20.8 Å². The van der Waals surface area contributed by atoms with Gasteiger partial charge < -0.3 is 5.32 Å². The molecule has 2 N–H and O–H groups in total. The van der Waals surface area contributed by atoms with Gasteiger partial charge in [0, 0.05) is 6.54 Å². The summed E-state index contributed by atoms with van der Waals surface area (Å²) in [7, 11) is -3.76. The number of hydrogen-bond donors (Lipinski definition) is 2. The van der Waals surface area contributed by atoms with Crippen molar-refractivity contribution in [3.8, 4) is 0 Å². The van der Waals surface area contributed by atoms with Gasteiger partial charge in [-0.3, -0.25) is 4.79 Å². The highest BCUT2D eigenvalue weighted by Crippen LogP contribution is 2.22. The molecule has 1 atom stereocenters. The van der Waals surface area contributed by atoms with Gasteiger partial charge in [-0.1, -0.05) is 36.8 Å². The van der Waals surface area contributed by atoms with E-state index in [1.165, 1.54) is 6.92 Å². The molecule has 6 nitrogen and oxygen atoms in total. The normalized spacial score (nSPS) is 13.5. The summed E-state index contributed by atoms with van der Waals surface area (Å²) >= 11 is 6.42. The number of aromatic nitrogens is 1. The molecule has 0 aliphatic carbocycles. The second-order valence-corrected chi connectivity index (χ2v) is 7.97. The van der Waals surface area contributed by atoms with E-state index in [4.69, 9.17) is 11.6 Å². The van der Waals surface area contributed by atoms with Crippen molar-refractivity contribution in [2.75, 3.05) is 6.54 Å². The monoisotopic (exact) mass is 325 g/mol. The van der Waals surface area contributed by atoms with Gasteiger partial charge >= 0.3 is 0 Å². The fourth-order valence-electron chi connectivity index (χ4n) is 1.17. The Morgan fingerprint density at radius 3 is 2.58 bits per heavy atom. The lowest BCUT2D eigenvalue weighted by Crippen LogP contribution is -2.45. The van der Waals surface area contributed by atoms with Crippen molar-refractivity contribution < 1.29 is 13.2 Å². The van der Waals surface area contributed by atoms with E-state index < -0.39 is 16.1 Å². The second kappa shape index (κ2) is 6.65. The summed E-state index contributed by atoms with van der Waals surface area (Å²) in [5.74, 6) is -0.0686. The van der Waals surface area contributed by atoms with Crippen molar-refractivity contribution >= 4 is 38.9 Å². The van der Waals surface area contributed by atoms with Gasteiger partial charge in [0.05, 0.1) is 12.2 Å². The number of thiazole rings is 1. The van der Waals surface area contributed by atoms with Gasteiger partial charge in [-0.15, -0.1) is 0 Å². The van der Waals surface area contributed by atoms with Crippen molar-refractivity contribution in [1.82, 2.24) is 15.0 Å². The number of amides is 1. The topological polar surface area (TPSA) is 88.2 Å². The Labute approximate surface area is 121 Å². The van der Waals surface area contributed by atoms with Gasteiger partial charge in [-0.25, -0.2) is 13.4 Å². The summed E-state index contributed by atoms with van der Waals surface area (Å²) in [4.78, 5) is 15.3. The third-order valence-corrected chi connectivity index (χ3v) is 5.25. The number of halogens is 1. The lowest BCUT2D eigenvalue weighted by Gasteiger charge is -2.14. The Bertz CT molecular complexity index is 542. The zero-order valence-corrected chi connectivity index (χ0v) is 13.2. The van der Waals surface area contributed by atoms with Crippen molar-refractivity contribution in [2.45, 2.75) is 31.0 Å². The van der Waals surface area contributed by atoms with Crippen LogP contribution in [0.5, 0.6) is 0 Å². The number of hydrogen-bond acceptors (Lipinski definition) is 5. The van der Waals surface area contributed by atoms with Crippen LogP contribution < -0.4 is 10.0 Å². The second-order valence-electron chi connectivity index (χ2n) is 4.41. The van der Waals surface area contributed by atoms with Crippen LogP contribution in [0.25, 0.3) is 0 Å². The summed E-state index contributed by atoms with van der Waals surface area (Å²) in [6.45, 7) is 5.88. The highest BCUT2D eigenvalue weighted by molar-refractivity contribution is 7.91. The number of carbonyl (C=O) groups is 1. The molecule has 1 amide bonds. The van der Waals surface area contributed by atoms with E-state index in [1.807, 2.05) is 13.8 Å². The summed E-state index contributed by atoms with van der Waals surface area (Å²) in [5, 5.41) is 2.66. The highest BCUT2D eigenvalue weighted by atomic mass is 35.5. The first-order valence-electron chi connectivity index (χ1n) is 5.63. The maximum atomic E-state index is 11.9. The standard InChI is InChI=1S/C10H16ClN3O3S2/c1-6(2)4-12-9(15)7(3)14-19(16,17)8-5-13-10(11)18-8/h5-7,14H,4H2,1-3H3,(H,12,15). The minimum absolute atomic E-state index is 0.0130. The van der Waals surface area contributed by atoms with Gasteiger partial charge in [-0.05, 0) is 12.8 Å². The minimum atomic E-state index is -3.76. The number of sulfonamides is 1. The van der Waals surface area contributed by atoms with E-state index in [1.54, 1.807) is 0 Å². The Hall–Kier alpha value is -0.700. The number of nitrogens with one attached hydrogen (secondary N) is 2. The van der Waals surface area contributed by atoms with E-state index in [0.717, 1.165) is 17.5 Å². The third kappa shape index (κ3) is 5.06. The average Bonchev–Trinajstić information content (AvgIpc) is 2.72. The van der Waals surface area contributed by atoms with Crippen LogP contribution in [0.15, 0.2) is 10.4 Å². The van der Waals surface area contributed by atoms with E-state index in [-0.39, 0.29) is 14.6 Å². The molecule has 0 saturated carbocycles. The van der Waals surface area contributed by atoms with Gasteiger partial charge in [0.1, 0.15) is 0 Å². The van der Waals surface area contributed by atoms with Crippen molar-refractivity contribution in [1.29, 1.82) is 0 Å². The largest absolute Gasteiger partial charge is 0.354 e. The molecule has 1 heterocycles. The van der Waals surface area contributed by atoms with Gasteiger partial charge in [0.15, 0.2) is 8.68 Å². The van der Waals surface area contributed by atoms with Crippen LogP contribution in [0.4, 0.5) is 0 Å². The smallest absolute Gasteiger partial charge is 0.252 e. The molecule has 9 heteroatoms. The molecule has 0 aliphatic rings. The molecule has 0 spiro atoms. The molecule has 0 aromatic carbocycles. The molecule has 0 bridgehead atoms. The van der Waals surface area contributed by atoms with E-state index >= 15 is 0 Å². The number of carbonyl (C=O) groups excluding carboxylic acids is 1.